The summed E-state index contributed by atoms with van der Waals surface area (Å²) in [6, 6.07) is 0. The molecule has 1 aromatic heterocycles. The normalized spacial score (nSPS) is 22.5. The summed E-state index contributed by atoms with van der Waals surface area (Å²) < 4.78 is 7.52. The van der Waals surface area contributed by atoms with Crippen molar-refractivity contribution in [1.29, 1.82) is 0 Å². The monoisotopic (exact) mass is 179 g/mol. The number of nitrogens with zero attached hydrogens (tertiary/aromatic N) is 2. The average molecular weight is 179 g/mol. The molecule has 4 nitrogen and oxygen atoms in total. The van der Waals surface area contributed by atoms with Gasteiger partial charge >= 0.3 is 0 Å². The topological polar surface area (TPSA) is 39.1 Å². The van der Waals surface area contributed by atoms with Gasteiger partial charge in [-0.3, -0.25) is 0 Å². The van der Waals surface area contributed by atoms with Gasteiger partial charge < -0.3 is 14.6 Å². The lowest BCUT2D eigenvalue weighted by Crippen LogP contribution is -2.33. The maximum absolute atomic E-state index is 5.18. The van der Waals surface area contributed by atoms with Crippen LogP contribution < -0.4 is 5.32 Å². The Labute approximate surface area is 76.9 Å². The maximum atomic E-state index is 5.18. The first-order valence-electron chi connectivity index (χ1n) is 4.78. The van der Waals surface area contributed by atoms with E-state index in [1.54, 1.807) is 0 Å². The van der Waals surface area contributed by atoms with Crippen LogP contribution in [0.2, 0.25) is 0 Å². The minimum Gasteiger partial charge on any atom is -0.380 e. The van der Waals surface area contributed by atoms with E-state index < -0.39 is 0 Å². The minimum atomic E-state index is 0.548. The molecule has 3 heterocycles. The number of hydrogen-bond acceptors (Lipinski definition) is 3. The molecule has 13 heavy (non-hydrogen) atoms. The summed E-state index contributed by atoms with van der Waals surface area (Å²) in [6.45, 7) is 4.78. The molecule has 0 aliphatic carbocycles. The van der Waals surface area contributed by atoms with Gasteiger partial charge in [0, 0.05) is 25.8 Å². The summed E-state index contributed by atoms with van der Waals surface area (Å²) in [6.07, 6.45) is 1.99. The smallest absolute Gasteiger partial charge is 0.116 e. The summed E-state index contributed by atoms with van der Waals surface area (Å²) in [5.74, 6) is 1.77. The van der Waals surface area contributed by atoms with Crippen LogP contribution in [0.5, 0.6) is 0 Å². The van der Waals surface area contributed by atoms with E-state index in [-0.39, 0.29) is 0 Å². The molecule has 2 aliphatic rings. The van der Waals surface area contributed by atoms with Gasteiger partial charge in [0.1, 0.15) is 5.82 Å². The van der Waals surface area contributed by atoms with E-state index in [9.17, 15) is 0 Å². The Morgan fingerprint density at radius 1 is 1.54 bits per heavy atom. The molecule has 3 rings (SSSR count). The maximum Gasteiger partial charge on any atom is 0.116 e. The van der Waals surface area contributed by atoms with Crippen LogP contribution in [0.15, 0.2) is 6.20 Å². The van der Waals surface area contributed by atoms with Crippen molar-refractivity contribution in [1.82, 2.24) is 14.9 Å². The zero-order chi connectivity index (χ0) is 8.67. The van der Waals surface area contributed by atoms with E-state index in [1.807, 2.05) is 6.20 Å². The second-order valence-corrected chi connectivity index (χ2v) is 3.67. The molecule has 0 atom stereocenters. The Kier molecular flexibility index (Phi) is 1.63. The first-order chi connectivity index (χ1) is 6.45. The molecule has 1 saturated heterocycles. The third-order valence-corrected chi connectivity index (χ3v) is 2.79. The molecule has 4 heteroatoms. The highest BCUT2D eigenvalue weighted by molar-refractivity contribution is 5.12. The zero-order valence-corrected chi connectivity index (χ0v) is 7.49. The summed E-state index contributed by atoms with van der Waals surface area (Å²) in [4.78, 5) is 4.46. The fraction of sp³-hybridized carbons (Fsp3) is 0.667. The molecule has 0 aromatic carbocycles. The lowest BCUT2D eigenvalue weighted by Gasteiger charge is -2.27. The standard InChI is InChI=1S/C9H13N3O/c1-2-12-8(3-10-1)4-11-9(12)7-5-13-6-7/h4,7,10H,1-3,5-6H2. The minimum absolute atomic E-state index is 0.548. The van der Waals surface area contributed by atoms with E-state index >= 15 is 0 Å². The number of fused-ring (bicyclic) bond motifs is 1. The van der Waals surface area contributed by atoms with Crippen LogP contribution in [0, 0.1) is 0 Å². The van der Waals surface area contributed by atoms with Crippen LogP contribution in [0.25, 0.3) is 0 Å². The highest BCUT2D eigenvalue weighted by atomic mass is 16.5. The van der Waals surface area contributed by atoms with Gasteiger partial charge in [0.05, 0.1) is 24.8 Å². The molecule has 70 valence electrons. The van der Waals surface area contributed by atoms with Gasteiger partial charge in [-0.15, -0.1) is 0 Å². The van der Waals surface area contributed by atoms with Gasteiger partial charge in [-0.05, 0) is 0 Å². The molecule has 0 amide bonds. The van der Waals surface area contributed by atoms with Gasteiger partial charge in [-0.1, -0.05) is 0 Å². The Morgan fingerprint density at radius 3 is 3.23 bits per heavy atom. The summed E-state index contributed by atoms with van der Waals surface area (Å²) in [5, 5.41) is 3.34. The van der Waals surface area contributed by atoms with Crippen molar-refractivity contribution in [2.45, 2.75) is 19.0 Å². The summed E-state index contributed by atoms with van der Waals surface area (Å²) in [5.41, 5.74) is 1.31. The number of imidazole rings is 1. The Morgan fingerprint density at radius 2 is 2.46 bits per heavy atom. The highest BCUT2D eigenvalue weighted by Gasteiger charge is 2.26. The lowest BCUT2D eigenvalue weighted by molar-refractivity contribution is 0.00326. The van der Waals surface area contributed by atoms with Crippen LogP contribution in [0.1, 0.15) is 17.4 Å². The lowest BCUT2D eigenvalue weighted by atomic mass is 10.1. The molecule has 0 bridgehead atoms. The molecule has 0 spiro atoms. The molecule has 0 unspecified atom stereocenters. The summed E-state index contributed by atoms with van der Waals surface area (Å²) in [7, 11) is 0. The van der Waals surface area contributed by atoms with E-state index in [2.05, 4.69) is 14.9 Å². The fourth-order valence-electron chi connectivity index (χ4n) is 1.94. The first kappa shape index (κ1) is 7.53. The fourth-order valence-corrected chi connectivity index (χ4v) is 1.94. The predicted molar refractivity (Wildman–Crippen MR) is 47.5 cm³/mol. The molecular formula is C9H13N3O. The Bertz CT molecular complexity index is 317. The number of hydrogen-bond donors (Lipinski definition) is 1. The number of rotatable bonds is 1. The molecule has 1 fully saturated rings. The number of ether oxygens (including phenoxy) is 1. The van der Waals surface area contributed by atoms with Crippen molar-refractivity contribution < 1.29 is 4.74 Å². The van der Waals surface area contributed by atoms with Crippen LogP contribution in [0.4, 0.5) is 0 Å². The average Bonchev–Trinajstić information content (AvgIpc) is 2.47. The molecule has 0 radical (unpaired) electrons. The van der Waals surface area contributed by atoms with Crippen molar-refractivity contribution in [2.75, 3.05) is 19.8 Å². The largest absolute Gasteiger partial charge is 0.380 e. The molecule has 1 N–H and O–H groups in total. The molecule has 2 aliphatic heterocycles. The van der Waals surface area contributed by atoms with Crippen LogP contribution >= 0.6 is 0 Å². The van der Waals surface area contributed by atoms with Crippen molar-refractivity contribution in [2.24, 2.45) is 0 Å². The van der Waals surface area contributed by atoms with Gasteiger partial charge in [-0.25, -0.2) is 4.98 Å². The first-order valence-corrected chi connectivity index (χ1v) is 4.78. The SMILES string of the molecule is c1nc(C2COC2)n2c1CNCC2. The van der Waals surface area contributed by atoms with Gasteiger partial charge in [0.25, 0.3) is 0 Å². The third-order valence-electron chi connectivity index (χ3n) is 2.79. The number of nitrogens with one attached hydrogen (secondary N) is 1. The summed E-state index contributed by atoms with van der Waals surface area (Å²) >= 11 is 0. The highest BCUT2D eigenvalue weighted by Crippen LogP contribution is 2.24. The second kappa shape index (κ2) is 2.82. The van der Waals surface area contributed by atoms with Gasteiger partial charge in [-0.2, -0.15) is 0 Å². The third kappa shape index (κ3) is 1.09. The quantitative estimate of drug-likeness (QED) is 0.664. The van der Waals surface area contributed by atoms with E-state index in [1.165, 1.54) is 11.5 Å². The predicted octanol–water partition coefficient (Wildman–Crippen LogP) is 0.100. The van der Waals surface area contributed by atoms with Crippen LogP contribution in [-0.4, -0.2) is 29.3 Å². The van der Waals surface area contributed by atoms with Gasteiger partial charge in [0.2, 0.25) is 0 Å². The number of aromatic nitrogens is 2. The van der Waals surface area contributed by atoms with Crippen molar-refractivity contribution in [3.63, 3.8) is 0 Å². The molecule has 0 saturated carbocycles. The second-order valence-electron chi connectivity index (χ2n) is 3.67. The van der Waals surface area contributed by atoms with E-state index in [0.717, 1.165) is 32.8 Å². The zero-order valence-electron chi connectivity index (χ0n) is 7.49. The van der Waals surface area contributed by atoms with Crippen molar-refractivity contribution in [3.05, 3.63) is 17.7 Å². The Hall–Kier alpha value is -0.870. The molecule has 1 aromatic rings. The van der Waals surface area contributed by atoms with Gasteiger partial charge in [0.15, 0.2) is 0 Å². The molecular weight excluding hydrogens is 166 g/mol. The van der Waals surface area contributed by atoms with E-state index in [0.29, 0.717) is 5.92 Å². The van der Waals surface area contributed by atoms with E-state index in [4.69, 9.17) is 4.74 Å². The Balaban J connectivity index is 1.95. The van der Waals surface area contributed by atoms with Crippen LogP contribution in [0.3, 0.4) is 0 Å². The van der Waals surface area contributed by atoms with Crippen molar-refractivity contribution >= 4 is 0 Å². The van der Waals surface area contributed by atoms with Crippen LogP contribution in [-0.2, 0) is 17.8 Å². The van der Waals surface area contributed by atoms with Crippen molar-refractivity contribution in [3.8, 4) is 0 Å².